The van der Waals surface area contributed by atoms with E-state index in [1.807, 2.05) is 0 Å². The van der Waals surface area contributed by atoms with Gasteiger partial charge in [0.25, 0.3) is 0 Å². The maximum Gasteiger partial charge on any atom is 0.155 e. The summed E-state index contributed by atoms with van der Waals surface area (Å²) in [5, 5.41) is 0. The first-order valence-corrected chi connectivity index (χ1v) is 8.78. The zero-order valence-electron chi connectivity index (χ0n) is 13.5. The molecule has 3 heteroatoms. The Balaban J connectivity index is 1.74. The average molecular weight is 304 g/mol. The van der Waals surface area contributed by atoms with E-state index < -0.39 is 6.17 Å². The number of alkyl halides is 1. The van der Waals surface area contributed by atoms with Gasteiger partial charge in [-0.3, -0.25) is 9.59 Å². The lowest BCUT2D eigenvalue weighted by Crippen LogP contribution is -2.53. The van der Waals surface area contributed by atoms with Gasteiger partial charge < -0.3 is 0 Å². The van der Waals surface area contributed by atoms with Gasteiger partial charge in [0.1, 0.15) is 12.0 Å². The van der Waals surface area contributed by atoms with Crippen LogP contribution in [0.1, 0.15) is 58.8 Å². The van der Waals surface area contributed by atoms with Crippen LogP contribution in [0.2, 0.25) is 0 Å². The van der Waals surface area contributed by atoms with E-state index in [1.165, 1.54) is 0 Å². The second-order valence-electron chi connectivity index (χ2n) is 8.48. The van der Waals surface area contributed by atoms with Crippen molar-refractivity contribution >= 4 is 11.6 Å². The first-order valence-electron chi connectivity index (χ1n) is 8.78. The van der Waals surface area contributed by atoms with E-state index >= 15 is 0 Å². The third-order valence-corrected chi connectivity index (χ3v) is 7.65. The van der Waals surface area contributed by atoms with E-state index in [1.54, 1.807) is 6.08 Å². The summed E-state index contributed by atoms with van der Waals surface area (Å²) < 4.78 is 14.9. The zero-order chi connectivity index (χ0) is 15.7. The Morgan fingerprint density at radius 2 is 1.77 bits per heavy atom. The highest BCUT2D eigenvalue weighted by Gasteiger charge is 2.60. The summed E-state index contributed by atoms with van der Waals surface area (Å²) in [4.78, 5) is 24.1. The summed E-state index contributed by atoms with van der Waals surface area (Å²) in [5.74, 6) is 1.60. The molecule has 4 aliphatic rings. The van der Waals surface area contributed by atoms with E-state index in [0.717, 1.165) is 31.3 Å². The number of ketones is 2. The van der Waals surface area contributed by atoms with Crippen LogP contribution in [-0.4, -0.2) is 17.7 Å². The number of rotatable bonds is 0. The fraction of sp³-hybridized carbons (Fsp3) is 0.789. The Morgan fingerprint density at radius 3 is 2.55 bits per heavy atom. The summed E-state index contributed by atoms with van der Waals surface area (Å²) >= 11 is 0. The molecule has 0 N–H and O–H groups in total. The number of allylic oxidation sites excluding steroid dienone is 1. The maximum absolute atomic E-state index is 14.9. The van der Waals surface area contributed by atoms with E-state index in [2.05, 4.69) is 13.8 Å². The van der Waals surface area contributed by atoms with E-state index in [9.17, 15) is 14.0 Å². The summed E-state index contributed by atoms with van der Waals surface area (Å²) in [6.07, 6.45) is 6.06. The van der Waals surface area contributed by atoms with Gasteiger partial charge in [0.2, 0.25) is 0 Å². The van der Waals surface area contributed by atoms with E-state index in [0.29, 0.717) is 42.8 Å². The molecule has 0 aliphatic heterocycles. The van der Waals surface area contributed by atoms with Crippen LogP contribution in [0.5, 0.6) is 0 Å². The number of carbonyl (C=O) groups is 2. The standard InChI is InChI=1S/C19H25FO2/c1-18-7-5-11(21)9-15(18)16(20)10-12-13-3-4-17(22)19(13,2)8-6-14(12)18/h9,12-14,16H,3-8,10H2,1-2H3/t12?,13?,14?,16-,18?,19?/m0/s1. The smallest absolute Gasteiger partial charge is 0.155 e. The highest BCUT2D eigenvalue weighted by molar-refractivity contribution is 5.92. The normalized spacial score (nSPS) is 51.0. The third kappa shape index (κ3) is 1.71. The molecule has 3 fully saturated rings. The average Bonchev–Trinajstić information content (AvgIpc) is 2.77. The highest BCUT2D eigenvalue weighted by atomic mass is 19.1. The van der Waals surface area contributed by atoms with E-state index in [4.69, 9.17) is 0 Å². The van der Waals surface area contributed by atoms with E-state index in [-0.39, 0.29) is 16.6 Å². The fourth-order valence-electron chi connectivity index (χ4n) is 6.33. The van der Waals surface area contributed by atoms with Gasteiger partial charge >= 0.3 is 0 Å². The molecule has 6 atom stereocenters. The minimum absolute atomic E-state index is 0.0882. The van der Waals surface area contributed by atoms with Gasteiger partial charge in [-0.05, 0) is 66.9 Å². The number of Topliss-reactive ketones (excluding diaryl/α,β-unsaturated/α-hetero) is 1. The molecule has 0 heterocycles. The van der Waals surface area contributed by atoms with Crippen LogP contribution >= 0.6 is 0 Å². The number of hydrogen-bond acceptors (Lipinski definition) is 2. The van der Waals surface area contributed by atoms with Gasteiger partial charge in [-0.25, -0.2) is 4.39 Å². The van der Waals surface area contributed by atoms with Gasteiger partial charge in [-0.2, -0.15) is 0 Å². The van der Waals surface area contributed by atoms with Crippen LogP contribution in [0.25, 0.3) is 0 Å². The molecule has 120 valence electrons. The summed E-state index contributed by atoms with van der Waals surface area (Å²) in [7, 11) is 0. The first-order chi connectivity index (χ1) is 10.4. The van der Waals surface area contributed by atoms with Gasteiger partial charge in [-0.1, -0.05) is 13.8 Å². The molecule has 0 amide bonds. The molecule has 0 saturated heterocycles. The summed E-state index contributed by atoms with van der Waals surface area (Å²) in [6.45, 7) is 4.29. The molecule has 22 heavy (non-hydrogen) atoms. The minimum atomic E-state index is -0.992. The van der Waals surface area contributed by atoms with Crippen LogP contribution in [-0.2, 0) is 9.59 Å². The molecule has 3 saturated carbocycles. The van der Waals surface area contributed by atoms with Crippen molar-refractivity contribution in [3.8, 4) is 0 Å². The lowest BCUT2D eigenvalue weighted by molar-refractivity contribution is -0.133. The second-order valence-corrected chi connectivity index (χ2v) is 8.48. The van der Waals surface area contributed by atoms with Crippen molar-refractivity contribution in [3.63, 3.8) is 0 Å². The Morgan fingerprint density at radius 1 is 1.05 bits per heavy atom. The van der Waals surface area contributed by atoms with Crippen LogP contribution < -0.4 is 0 Å². The molecule has 5 unspecified atom stereocenters. The quantitative estimate of drug-likeness (QED) is 0.677. The number of hydrogen-bond donors (Lipinski definition) is 0. The molecule has 0 radical (unpaired) electrons. The molecule has 0 spiro atoms. The van der Waals surface area contributed by atoms with Crippen molar-refractivity contribution in [3.05, 3.63) is 11.6 Å². The van der Waals surface area contributed by atoms with Crippen LogP contribution in [0, 0.1) is 28.6 Å². The van der Waals surface area contributed by atoms with Crippen molar-refractivity contribution in [1.82, 2.24) is 0 Å². The van der Waals surface area contributed by atoms with Gasteiger partial charge in [0.15, 0.2) is 5.78 Å². The third-order valence-electron chi connectivity index (χ3n) is 7.65. The monoisotopic (exact) mass is 304 g/mol. The predicted octanol–water partition coefficient (Wildman–Crippen LogP) is 4.04. The van der Waals surface area contributed by atoms with Crippen LogP contribution in [0.4, 0.5) is 4.39 Å². The largest absolute Gasteiger partial charge is 0.299 e. The fourth-order valence-corrected chi connectivity index (χ4v) is 6.33. The Labute approximate surface area is 131 Å². The van der Waals surface area contributed by atoms with Crippen molar-refractivity contribution in [1.29, 1.82) is 0 Å². The molecule has 0 bridgehead atoms. The Bertz CT molecular complexity index is 580. The number of fused-ring (bicyclic) bond motifs is 5. The molecular weight excluding hydrogens is 279 g/mol. The van der Waals surface area contributed by atoms with Crippen LogP contribution in [0.15, 0.2) is 11.6 Å². The lowest BCUT2D eigenvalue weighted by atomic mass is 9.47. The Kier molecular flexibility index (Phi) is 3.00. The first kappa shape index (κ1) is 14.6. The lowest BCUT2D eigenvalue weighted by Gasteiger charge is -2.57. The molecule has 0 aromatic carbocycles. The van der Waals surface area contributed by atoms with Crippen LogP contribution in [0.3, 0.4) is 0 Å². The van der Waals surface area contributed by atoms with Crippen molar-refractivity contribution in [2.45, 2.75) is 65.0 Å². The Hall–Kier alpha value is -0.990. The zero-order valence-corrected chi connectivity index (χ0v) is 13.5. The summed E-state index contributed by atoms with van der Waals surface area (Å²) in [6, 6.07) is 0. The van der Waals surface area contributed by atoms with Crippen molar-refractivity contribution < 1.29 is 14.0 Å². The molecule has 2 nitrogen and oxygen atoms in total. The molecule has 0 aromatic rings. The highest BCUT2D eigenvalue weighted by Crippen LogP contribution is 2.64. The SMILES string of the molecule is CC12CCC3C(C[C@H](F)C4=CC(=O)CCC43C)C1CCC2=O. The van der Waals surface area contributed by atoms with Crippen molar-refractivity contribution in [2.75, 3.05) is 0 Å². The van der Waals surface area contributed by atoms with Gasteiger partial charge in [0.05, 0.1) is 0 Å². The number of carbonyl (C=O) groups excluding carboxylic acids is 2. The predicted molar refractivity (Wildman–Crippen MR) is 82.0 cm³/mol. The van der Waals surface area contributed by atoms with Gasteiger partial charge in [-0.15, -0.1) is 0 Å². The second kappa shape index (κ2) is 4.52. The molecule has 0 aromatic heterocycles. The van der Waals surface area contributed by atoms with Crippen molar-refractivity contribution in [2.24, 2.45) is 28.6 Å². The molecule has 4 aliphatic carbocycles. The summed E-state index contributed by atoms with van der Waals surface area (Å²) in [5.41, 5.74) is 0.393. The minimum Gasteiger partial charge on any atom is -0.299 e. The maximum atomic E-state index is 14.9. The molecular formula is C19H25FO2. The number of halogens is 1. The topological polar surface area (TPSA) is 34.1 Å². The molecule has 4 rings (SSSR count). The van der Waals surface area contributed by atoms with Gasteiger partial charge in [0, 0.05) is 18.3 Å².